The molecule has 0 atom stereocenters. The van der Waals surface area contributed by atoms with Gasteiger partial charge in [-0.05, 0) is 72.0 Å². The number of nitrogens with zero attached hydrogens (tertiary/aromatic N) is 1. The molecule has 0 aliphatic carbocycles. The molecule has 1 aliphatic heterocycles. The summed E-state index contributed by atoms with van der Waals surface area (Å²) in [5, 5.41) is 2.75. The van der Waals surface area contributed by atoms with Gasteiger partial charge in [0.2, 0.25) is 15.9 Å². The molecule has 39 heavy (non-hydrogen) atoms. The molecule has 0 aromatic heterocycles. The normalized spacial score (nSPS) is 14.6. The van der Waals surface area contributed by atoms with Crippen LogP contribution in [-0.4, -0.2) is 39.8 Å². The summed E-state index contributed by atoms with van der Waals surface area (Å²) < 4.78 is 103. The lowest BCUT2D eigenvalue weighted by molar-refractivity contribution is -0.140. The Bertz CT molecular complexity index is 1650. The zero-order valence-electron chi connectivity index (χ0n) is 20.8. The monoisotopic (exact) mass is 584 g/mol. The number of sulfone groups is 1. The molecule has 0 unspecified atom stereocenters. The minimum absolute atomic E-state index is 0.000307. The van der Waals surface area contributed by atoms with Gasteiger partial charge in [0, 0.05) is 25.0 Å². The van der Waals surface area contributed by atoms with Crippen LogP contribution in [0.25, 0.3) is 0 Å². The van der Waals surface area contributed by atoms with Crippen LogP contribution in [0.4, 0.5) is 23.2 Å². The zero-order chi connectivity index (χ0) is 28.8. The minimum atomic E-state index is -4.84. The van der Waals surface area contributed by atoms with Crippen molar-refractivity contribution >= 4 is 31.5 Å². The van der Waals surface area contributed by atoms with Gasteiger partial charge >= 0.3 is 6.18 Å². The van der Waals surface area contributed by atoms with E-state index in [0.717, 1.165) is 17.9 Å². The van der Waals surface area contributed by atoms with Crippen LogP contribution in [0.1, 0.15) is 27.8 Å². The van der Waals surface area contributed by atoms with E-state index in [1.54, 1.807) is 19.1 Å². The Morgan fingerprint density at radius 3 is 2.21 bits per heavy atom. The van der Waals surface area contributed by atoms with Crippen molar-refractivity contribution in [2.75, 3.05) is 18.1 Å². The fraction of sp³-hybridized carbons (Fsp3) is 0.269. The van der Waals surface area contributed by atoms with Crippen molar-refractivity contribution in [2.45, 2.75) is 42.3 Å². The van der Waals surface area contributed by atoms with E-state index in [-0.39, 0.29) is 41.3 Å². The highest BCUT2D eigenvalue weighted by Crippen LogP contribution is 2.33. The first-order valence-corrected chi connectivity index (χ1v) is 15.0. The van der Waals surface area contributed by atoms with Crippen LogP contribution in [0.5, 0.6) is 0 Å². The van der Waals surface area contributed by atoms with E-state index in [1.807, 2.05) is 0 Å². The maximum atomic E-state index is 13.9. The van der Waals surface area contributed by atoms with Crippen LogP contribution < -0.4 is 5.32 Å². The molecule has 0 saturated heterocycles. The molecule has 3 aromatic carbocycles. The Balaban J connectivity index is 1.52. The van der Waals surface area contributed by atoms with Gasteiger partial charge in [-0.1, -0.05) is 18.2 Å². The van der Waals surface area contributed by atoms with Crippen LogP contribution in [0.15, 0.2) is 64.4 Å². The summed E-state index contributed by atoms with van der Waals surface area (Å²) in [6.45, 7) is 1.86. The van der Waals surface area contributed by atoms with Gasteiger partial charge in [-0.15, -0.1) is 0 Å². The minimum Gasteiger partial charge on any atom is -0.325 e. The van der Waals surface area contributed by atoms with Crippen LogP contribution in [0.3, 0.4) is 0 Å². The van der Waals surface area contributed by atoms with E-state index >= 15 is 0 Å². The smallest absolute Gasteiger partial charge is 0.325 e. The number of hydrogen-bond donors (Lipinski definition) is 1. The van der Waals surface area contributed by atoms with E-state index in [2.05, 4.69) is 5.32 Å². The van der Waals surface area contributed by atoms with Gasteiger partial charge in [-0.25, -0.2) is 21.2 Å². The van der Waals surface area contributed by atoms with Gasteiger partial charge < -0.3 is 5.32 Å². The molecular formula is C26H24F4N2O5S2. The number of rotatable bonds is 6. The Morgan fingerprint density at radius 2 is 1.62 bits per heavy atom. The Labute approximate surface area is 223 Å². The number of fused-ring (bicyclic) bond motifs is 1. The third-order valence-corrected chi connectivity index (χ3v) is 9.42. The first kappa shape index (κ1) is 28.7. The molecule has 0 spiro atoms. The first-order valence-electron chi connectivity index (χ1n) is 11.6. The number of carbonyl (C=O) groups is 1. The molecule has 13 heteroatoms. The van der Waals surface area contributed by atoms with Gasteiger partial charge in [0.25, 0.3) is 0 Å². The molecule has 0 radical (unpaired) electrons. The number of alkyl halides is 3. The standard InChI is InChI=1S/C26H24F4N2O5S2/c1-16-3-5-18-15-32(39(36,37)20-8-6-19(7-9-20)38(2,34)35)12-11-21(18)25(16)31-24(33)14-17-4-10-22(23(27)13-17)26(28,29)30/h3-10,13H,11-12,14-15H2,1-2H3,(H,31,33). The molecule has 1 amide bonds. The first-order chi connectivity index (χ1) is 18.1. The summed E-state index contributed by atoms with van der Waals surface area (Å²) >= 11 is 0. The summed E-state index contributed by atoms with van der Waals surface area (Å²) in [4.78, 5) is 12.7. The van der Waals surface area contributed by atoms with E-state index < -0.39 is 43.3 Å². The number of carbonyl (C=O) groups excluding carboxylic acids is 1. The van der Waals surface area contributed by atoms with Gasteiger partial charge in [-0.2, -0.15) is 17.5 Å². The average molecular weight is 585 g/mol. The molecule has 4 rings (SSSR count). The maximum absolute atomic E-state index is 13.9. The molecule has 0 fully saturated rings. The Kier molecular flexibility index (Phi) is 7.63. The van der Waals surface area contributed by atoms with E-state index in [4.69, 9.17) is 0 Å². The van der Waals surface area contributed by atoms with Crippen LogP contribution in [0, 0.1) is 12.7 Å². The number of nitrogens with one attached hydrogen (secondary N) is 1. The topological polar surface area (TPSA) is 101 Å². The summed E-state index contributed by atoms with van der Waals surface area (Å²) in [6.07, 6.45) is -3.91. The Hall–Kier alpha value is -3.29. The number of amides is 1. The van der Waals surface area contributed by atoms with Gasteiger partial charge in [0.05, 0.1) is 21.8 Å². The van der Waals surface area contributed by atoms with Crippen molar-refractivity contribution in [3.63, 3.8) is 0 Å². The van der Waals surface area contributed by atoms with Crippen LogP contribution in [0.2, 0.25) is 0 Å². The summed E-state index contributed by atoms with van der Waals surface area (Å²) in [7, 11) is -7.42. The van der Waals surface area contributed by atoms with Gasteiger partial charge in [-0.3, -0.25) is 4.79 Å². The van der Waals surface area contributed by atoms with Crippen LogP contribution >= 0.6 is 0 Å². The number of anilines is 1. The molecule has 208 valence electrons. The van der Waals surface area contributed by atoms with Gasteiger partial charge in [0.15, 0.2) is 9.84 Å². The highest BCUT2D eigenvalue weighted by molar-refractivity contribution is 7.90. The van der Waals surface area contributed by atoms with Crippen molar-refractivity contribution < 1.29 is 39.2 Å². The number of hydrogen-bond acceptors (Lipinski definition) is 5. The third-order valence-electron chi connectivity index (χ3n) is 6.43. The molecular weight excluding hydrogens is 560 g/mol. The number of benzene rings is 3. The van der Waals surface area contributed by atoms with Crippen LogP contribution in [-0.2, 0) is 50.2 Å². The maximum Gasteiger partial charge on any atom is 0.419 e. The fourth-order valence-electron chi connectivity index (χ4n) is 4.40. The second-order valence-electron chi connectivity index (χ2n) is 9.26. The highest BCUT2D eigenvalue weighted by atomic mass is 32.2. The molecule has 1 heterocycles. The molecule has 1 aliphatic rings. The lowest BCUT2D eigenvalue weighted by Crippen LogP contribution is -2.36. The number of sulfonamides is 1. The fourth-order valence-corrected chi connectivity index (χ4v) is 6.45. The molecule has 0 bridgehead atoms. The number of halogens is 4. The van der Waals surface area contributed by atoms with Crippen molar-refractivity contribution in [1.29, 1.82) is 0 Å². The Morgan fingerprint density at radius 1 is 0.974 bits per heavy atom. The second kappa shape index (κ2) is 10.4. The summed E-state index contributed by atoms with van der Waals surface area (Å²) in [5.74, 6) is -2.03. The SMILES string of the molecule is Cc1ccc2c(c1NC(=O)Cc1ccc(C(F)(F)F)c(F)c1)CCN(S(=O)(=O)c1ccc(S(C)(=O)=O)cc1)C2. The van der Waals surface area contributed by atoms with E-state index in [9.17, 15) is 39.2 Å². The van der Waals surface area contributed by atoms with Crippen molar-refractivity contribution in [3.8, 4) is 0 Å². The predicted octanol–water partition coefficient (Wildman–Crippen LogP) is 4.48. The molecule has 1 N–H and O–H groups in total. The molecule has 0 saturated carbocycles. The summed E-state index contributed by atoms with van der Waals surface area (Å²) in [6, 6.07) is 10.7. The second-order valence-corrected chi connectivity index (χ2v) is 13.2. The third kappa shape index (κ3) is 6.15. The average Bonchev–Trinajstić information content (AvgIpc) is 2.84. The highest BCUT2D eigenvalue weighted by Gasteiger charge is 2.34. The number of aryl methyl sites for hydroxylation is 1. The van der Waals surface area contributed by atoms with E-state index in [0.29, 0.717) is 28.9 Å². The molecule has 7 nitrogen and oxygen atoms in total. The van der Waals surface area contributed by atoms with Gasteiger partial charge in [0.1, 0.15) is 5.82 Å². The summed E-state index contributed by atoms with van der Waals surface area (Å²) in [5.41, 5.74) is 1.21. The lowest BCUT2D eigenvalue weighted by Gasteiger charge is -2.30. The largest absolute Gasteiger partial charge is 0.419 e. The van der Waals surface area contributed by atoms with Crippen molar-refractivity contribution in [3.05, 3.63) is 88.2 Å². The molecule has 3 aromatic rings. The lowest BCUT2D eigenvalue weighted by atomic mass is 9.95. The van der Waals surface area contributed by atoms with Crippen molar-refractivity contribution in [2.24, 2.45) is 0 Å². The predicted molar refractivity (Wildman–Crippen MR) is 136 cm³/mol. The van der Waals surface area contributed by atoms with E-state index in [1.165, 1.54) is 28.6 Å². The quantitative estimate of drug-likeness (QED) is 0.431. The zero-order valence-corrected chi connectivity index (χ0v) is 22.5. The van der Waals surface area contributed by atoms with Crippen molar-refractivity contribution in [1.82, 2.24) is 4.31 Å².